The van der Waals surface area contributed by atoms with Crippen molar-refractivity contribution in [3.63, 3.8) is 0 Å². The van der Waals surface area contributed by atoms with Crippen LogP contribution in [0.15, 0.2) is 18.2 Å². The highest BCUT2D eigenvalue weighted by molar-refractivity contribution is 5.78. The van der Waals surface area contributed by atoms with Gasteiger partial charge < -0.3 is 10.4 Å². The summed E-state index contributed by atoms with van der Waals surface area (Å²) in [5.41, 5.74) is 0.136. The van der Waals surface area contributed by atoms with Crippen molar-refractivity contribution in [1.29, 1.82) is 0 Å². The van der Waals surface area contributed by atoms with E-state index in [2.05, 4.69) is 5.32 Å². The molecule has 1 rings (SSSR count). The molecular formula is C12H15F2NO2. The molecule has 94 valence electrons. The van der Waals surface area contributed by atoms with Gasteiger partial charge in [-0.2, -0.15) is 0 Å². The van der Waals surface area contributed by atoms with Gasteiger partial charge in [0.05, 0.1) is 19.1 Å². The third-order valence-electron chi connectivity index (χ3n) is 2.44. The summed E-state index contributed by atoms with van der Waals surface area (Å²) in [5, 5.41) is 11.5. The Morgan fingerprint density at radius 1 is 1.47 bits per heavy atom. The van der Waals surface area contributed by atoms with E-state index in [0.29, 0.717) is 6.42 Å². The second-order valence-electron chi connectivity index (χ2n) is 3.77. The van der Waals surface area contributed by atoms with Crippen LogP contribution in [0.2, 0.25) is 0 Å². The van der Waals surface area contributed by atoms with Gasteiger partial charge in [-0.3, -0.25) is 4.79 Å². The number of hydrogen-bond donors (Lipinski definition) is 2. The molecule has 1 aromatic rings. The first-order chi connectivity index (χ1) is 8.06. The van der Waals surface area contributed by atoms with Crippen molar-refractivity contribution in [2.24, 2.45) is 0 Å². The SMILES string of the molecule is CCC(CO)NC(=O)Cc1ccc(F)cc1F. The van der Waals surface area contributed by atoms with Crippen LogP contribution in [0.1, 0.15) is 18.9 Å². The summed E-state index contributed by atoms with van der Waals surface area (Å²) in [6.45, 7) is 1.66. The van der Waals surface area contributed by atoms with Crippen LogP contribution in [-0.4, -0.2) is 23.7 Å². The van der Waals surface area contributed by atoms with Crippen molar-refractivity contribution in [2.45, 2.75) is 25.8 Å². The molecule has 1 atom stereocenters. The Morgan fingerprint density at radius 3 is 2.71 bits per heavy atom. The van der Waals surface area contributed by atoms with Crippen molar-refractivity contribution < 1.29 is 18.7 Å². The van der Waals surface area contributed by atoms with Gasteiger partial charge in [0.25, 0.3) is 0 Å². The van der Waals surface area contributed by atoms with Crippen LogP contribution in [0.25, 0.3) is 0 Å². The fourth-order valence-electron chi connectivity index (χ4n) is 1.39. The Labute approximate surface area is 98.5 Å². The largest absolute Gasteiger partial charge is 0.394 e. The summed E-state index contributed by atoms with van der Waals surface area (Å²) in [4.78, 5) is 11.5. The standard InChI is InChI=1S/C12H15F2NO2/c1-2-10(7-16)15-12(17)5-8-3-4-9(13)6-11(8)14/h3-4,6,10,16H,2,5,7H2,1H3,(H,15,17). The van der Waals surface area contributed by atoms with Crippen molar-refractivity contribution in [3.8, 4) is 0 Å². The highest BCUT2D eigenvalue weighted by Gasteiger charge is 2.12. The molecule has 2 N–H and O–H groups in total. The van der Waals surface area contributed by atoms with E-state index in [1.54, 1.807) is 0 Å². The highest BCUT2D eigenvalue weighted by atomic mass is 19.1. The first kappa shape index (κ1) is 13.6. The molecule has 0 spiro atoms. The zero-order valence-corrected chi connectivity index (χ0v) is 9.54. The highest BCUT2D eigenvalue weighted by Crippen LogP contribution is 2.10. The molecule has 0 bridgehead atoms. The van der Waals surface area contributed by atoms with E-state index in [1.165, 1.54) is 6.07 Å². The van der Waals surface area contributed by atoms with Crippen LogP contribution in [0.3, 0.4) is 0 Å². The first-order valence-corrected chi connectivity index (χ1v) is 5.41. The Hall–Kier alpha value is -1.49. The summed E-state index contributed by atoms with van der Waals surface area (Å²) in [6.07, 6.45) is 0.427. The number of halogens is 2. The topological polar surface area (TPSA) is 49.3 Å². The van der Waals surface area contributed by atoms with Crippen molar-refractivity contribution in [2.75, 3.05) is 6.61 Å². The fraction of sp³-hybridized carbons (Fsp3) is 0.417. The minimum atomic E-state index is -0.739. The van der Waals surface area contributed by atoms with E-state index in [4.69, 9.17) is 5.11 Å². The molecule has 1 unspecified atom stereocenters. The molecule has 1 aromatic carbocycles. The Kier molecular flexibility index (Phi) is 5.03. The molecule has 5 heteroatoms. The van der Waals surface area contributed by atoms with Crippen LogP contribution >= 0.6 is 0 Å². The molecule has 0 aliphatic carbocycles. The summed E-state index contributed by atoms with van der Waals surface area (Å²) >= 11 is 0. The van der Waals surface area contributed by atoms with Gasteiger partial charge in [0.1, 0.15) is 11.6 Å². The van der Waals surface area contributed by atoms with Crippen molar-refractivity contribution >= 4 is 5.91 Å². The van der Waals surface area contributed by atoms with E-state index in [-0.39, 0.29) is 24.6 Å². The maximum absolute atomic E-state index is 13.2. The number of aliphatic hydroxyl groups is 1. The van der Waals surface area contributed by atoms with Crippen LogP contribution in [0.5, 0.6) is 0 Å². The second-order valence-corrected chi connectivity index (χ2v) is 3.77. The lowest BCUT2D eigenvalue weighted by molar-refractivity contribution is -0.121. The van der Waals surface area contributed by atoms with Gasteiger partial charge in [0, 0.05) is 6.07 Å². The number of benzene rings is 1. The molecule has 0 saturated heterocycles. The second kappa shape index (κ2) is 6.30. The number of hydrogen-bond acceptors (Lipinski definition) is 2. The van der Waals surface area contributed by atoms with E-state index in [9.17, 15) is 13.6 Å². The van der Waals surface area contributed by atoms with E-state index < -0.39 is 17.5 Å². The summed E-state index contributed by atoms with van der Waals surface area (Å²) < 4.78 is 25.9. The normalized spacial score (nSPS) is 12.2. The van der Waals surface area contributed by atoms with Crippen LogP contribution in [-0.2, 0) is 11.2 Å². The van der Waals surface area contributed by atoms with Crippen molar-refractivity contribution in [3.05, 3.63) is 35.4 Å². The Morgan fingerprint density at radius 2 is 2.18 bits per heavy atom. The van der Waals surface area contributed by atoms with Gasteiger partial charge in [0.2, 0.25) is 5.91 Å². The molecule has 0 radical (unpaired) electrons. The Bertz CT molecular complexity index is 392. The molecule has 17 heavy (non-hydrogen) atoms. The van der Waals surface area contributed by atoms with E-state index in [1.807, 2.05) is 6.92 Å². The monoisotopic (exact) mass is 243 g/mol. The van der Waals surface area contributed by atoms with Crippen LogP contribution in [0, 0.1) is 11.6 Å². The predicted molar refractivity (Wildman–Crippen MR) is 59.4 cm³/mol. The molecule has 0 heterocycles. The lowest BCUT2D eigenvalue weighted by Crippen LogP contribution is -2.37. The number of amides is 1. The average molecular weight is 243 g/mol. The van der Waals surface area contributed by atoms with Gasteiger partial charge in [-0.05, 0) is 18.1 Å². The maximum atomic E-state index is 13.2. The minimum Gasteiger partial charge on any atom is -0.394 e. The zero-order valence-electron chi connectivity index (χ0n) is 9.54. The molecule has 0 aliphatic heterocycles. The Balaban J connectivity index is 2.62. The molecule has 0 saturated carbocycles. The molecular weight excluding hydrogens is 228 g/mol. The average Bonchev–Trinajstić information content (AvgIpc) is 2.29. The number of aliphatic hydroxyl groups excluding tert-OH is 1. The third-order valence-corrected chi connectivity index (χ3v) is 2.44. The molecule has 0 aliphatic rings. The van der Waals surface area contributed by atoms with Crippen LogP contribution in [0.4, 0.5) is 8.78 Å². The van der Waals surface area contributed by atoms with Crippen molar-refractivity contribution in [1.82, 2.24) is 5.32 Å². The lowest BCUT2D eigenvalue weighted by Gasteiger charge is -2.14. The minimum absolute atomic E-state index is 0.136. The van der Waals surface area contributed by atoms with E-state index >= 15 is 0 Å². The zero-order chi connectivity index (χ0) is 12.8. The fourth-order valence-corrected chi connectivity index (χ4v) is 1.39. The van der Waals surface area contributed by atoms with E-state index in [0.717, 1.165) is 12.1 Å². The van der Waals surface area contributed by atoms with Gasteiger partial charge in [-0.1, -0.05) is 13.0 Å². The number of carbonyl (C=O) groups is 1. The first-order valence-electron chi connectivity index (χ1n) is 5.41. The van der Waals surface area contributed by atoms with Gasteiger partial charge in [0.15, 0.2) is 0 Å². The third kappa shape index (κ3) is 4.11. The quantitative estimate of drug-likeness (QED) is 0.821. The summed E-state index contributed by atoms with van der Waals surface area (Å²) in [6, 6.07) is 2.76. The molecule has 1 amide bonds. The molecule has 0 fully saturated rings. The summed E-state index contributed by atoms with van der Waals surface area (Å²) in [7, 11) is 0. The smallest absolute Gasteiger partial charge is 0.224 e. The number of carbonyl (C=O) groups excluding carboxylic acids is 1. The maximum Gasteiger partial charge on any atom is 0.224 e. The molecule has 3 nitrogen and oxygen atoms in total. The number of nitrogens with one attached hydrogen (secondary N) is 1. The van der Waals surface area contributed by atoms with Gasteiger partial charge in [-0.25, -0.2) is 8.78 Å². The molecule has 0 aromatic heterocycles. The predicted octanol–water partition coefficient (Wildman–Crippen LogP) is 1.39. The number of rotatable bonds is 5. The van der Waals surface area contributed by atoms with Gasteiger partial charge in [-0.15, -0.1) is 0 Å². The summed E-state index contributed by atoms with van der Waals surface area (Å²) in [5.74, 6) is -1.80. The lowest BCUT2D eigenvalue weighted by atomic mass is 10.1. The van der Waals surface area contributed by atoms with Crippen LogP contribution < -0.4 is 5.32 Å². The van der Waals surface area contributed by atoms with Gasteiger partial charge >= 0.3 is 0 Å².